The Morgan fingerprint density at radius 2 is 1.78 bits per heavy atom. The Bertz CT molecular complexity index is 535. The molecule has 6 nitrogen and oxygen atoms in total. The van der Waals surface area contributed by atoms with Gasteiger partial charge in [-0.1, -0.05) is 6.92 Å². The van der Waals surface area contributed by atoms with Gasteiger partial charge in [0.15, 0.2) is 17.5 Å². The van der Waals surface area contributed by atoms with Gasteiger partial charge in [0, 0.05) is 12.6 Å². The fraction of sp³-hybridized carbons (Fsp3) is 0.588. The quantitative estimate of drug-likeness (QED) is 0.595. The van der Waals surface area contributed by atoms with Crippen molar-refractivity contribution < 1.29 is 14.2 Å². The normalized spacial score (nSPS) is 20.0. The highest BCUT2D eigenvalue weighted by Crippen LogP contribution is 2.38. The second-order valence-corrected chi connectivity index (χ2v) is 5.69. The van der Waals surface area contributed by atoms with Gasteiger partial charge in [-0.05, 0) is 37.0 Å². The predicted molar refractivity (Wildman–Crippen MR) is 91.6 cm³/mol. The van der Waals surface area contributed by atoms with E-state index in [1.807, 2.05) is 12.1 Å². The van der Waals surface area contributed by atoms with Crippen molar-refractivity contribution in [3.8, 4) is 17.2 Å². The number of methoxy groups -OCH3 is 3. The molecule has 1 aromatic rings. The van der Waals surface area contributed by atoms with Crippen molar-refractivity contribution in [2.45, 2.75) is 32.9 Å². The van der Waals surface area contributed by atoms with Gasteiger partial charge in [-0.2, -0.15) is 0 Å². The van der Waals surface area contributed by atoms with Gasteiger partial charge >= 0.3 is 0 Å². The van der Waals surface area contributed by atoms with Crippen LogP contribution in [0.3, 0.4) is 0 Å². The molecule has 6 heteroatoms. The molecule has 1 aromatic carbocycles. The van der Waals surface area contributed by atoms with Crippen molar-refractivity contribution in [3.05, 3.63) is 17.7 Å². The summed E-state index contributed by atoms with van der Waals surface area (Å²) in [4.78, 5) is 4.65. The largest absolute Gasteiger partial charge is 0.493 e. The predicted octanol–water partition coefficient (Wildman–Crippen LogP) is 2.18. The van der Waals surface area contributed by atoms with E-state index >= 15 is 0 Å². The fourth-order valence-corrected chi connectivity index (χ4v) is 2.42. The van der Waals surface area contributed by atoms with Crippen LogP contribution in [-0.4, -0.2) is 39.9 Å². The van der Waals surface area contributed by atoms with E-state index in [1.165, 1.54) is 6.42 Å². The zero-order valence-corrected chi connectivity index (χ0v) is 14.6. The standard InChI is InChI=1S/C17H27N3O3/c1-6-18-17(20-13-7-11(13)2)19-10-12-8-14(21-3)16(23-5)15(9-12)22-4/h8-9,11,13H,6-7,10H2,1-5H3,(H2,18,19,20). The number of hydrogen-bond acceptors (Lipinski definition) is 4. The highest BCUT2D eigenvalue weighted by molar-refractivity contribution is 5.80. The summed E-state index contributed by atoms with van der Waals surface area (Å²) in [6.45, 7) is 5.67. The minimum atomic E-state index is 0.535. The van der Waals surface area contributed by atoms with Crippen LogP contribution in [0.1, 0.15) is 25.8 Å². The summed E-state index contributed by atoms with van der Waals surface area (Å²) in [6, 6.07) is 4.38. The molecule has 0 heterocycles. The Hall–Kier alpha value is -2.11. The van der Waals surface area contributed by atoms with Gasteiger partial charge in [0.2, 0.25) is 5.75 Å². The molecule has 0 amide bonds. The molecule has 1 saturated carbocycles. The summed E-state index contributed by atoms with van der Waals surface area (Å²) in [5, 5.41) is 6.72. The van der Waals surface area contributed by atoms with Crippen molar-refractivity contribution in [1.82, 2.24) is 10.6 Å². The van der Waals surface area contributed by atoms with Crippen molar-refractivity contribution in [2.24, 2.45) is 10.9 Å². The van der Waals surface area contributed by atoms with E-state index in [4.69, 9.17) is 14.2 Å². The maximum absolute atomic E-state index is 5.38. The lowest BCUT2D eigenvalue weighted by molar-refractivity contribution is 0.324. The molecule has 0 spiro atoms. The highest BCUT2D eigenvalue weighted by atomic mass is 16.5. The average Bonchev–Trinajstić information content (AvgIpc) is 3.26. The summed E-state index contributed by atoms with van der Waals surface area (Å²) < 4.78 is 16.1. The minimum absolute atomic E-state index is 0.535. The average molecular weight is 321 g/mol. The molecule has 0 saturated heterocycles. The van der Waals surface area contributed by atoms with E-state index in [-0.39, 0.29) is 0 Å². The monoisotopic (exact) mass is 321 g/mol. The topological polar surface area (TPSA) is 64.1 Å². The Kier molecular flexibility index (Phi) is 5.96. The van der Waals surface area contributed by atoms with Gasteiger partial charge in [-0.15, -0.1) is 0 Å². The number of aliphatic imine (C=N–C) groups is 1. The van der Waals surface area contributed by atoms with Gasteiger partial charge in [0.1, 0.15) is 0 Å². The van der Waals surface area contributed by atoms with Gasteiger partial charge in [0.05, 0.1) is 27.9 Å². The third-order valence-corrected chi connectivity index (χ3v) is 3.92. The zero-order chi connectivity index (χ0) is 16.8. The summed E-state index contributed by atoms with van der Waals surface area (Å²) in [7, 11) is 4.83. The number of guanidine groups is 1. The molecule has 128 valence electrons. The molecule has 2 atom stereocenters. The lowest BCUT2D eigenvalue weighted by Gasteiger charge is -2.14. The van der Waals surface area contributed by atoms with E-state index < -0.39 is 0 Å². The van der Waals surface area contributed by atoms with Gasteiger partial charge in [-0.25, -0.2) is 4.99 Å². The lowest BCUT2D eigenvalue weighted by atomic mass is 10.2. The molecule has 0 radical (unpaired) electrons. The molecule has 2 unspecified atom stereocenters. The Balaban J connectivity index is 2.15. The molecular formula is C17H27N3O3. The molecule has 1 fully saturated rings. The summed E-state index contributed by atoms with van der Waals surface area (Å²) >= 11 is 0. The van der Waals surface area contributed by atoms with Crippen molar-refractivity contribution >= 4 is 5.96 Å². The number of nitrogens with one attached hydrogen (secondary N) is 2. The van der Waals surface area contributed by atoms with Crippen LogP contribution >= 0.6 is 0 Å². The number of nitrogens with zero attached hydrogens (tertiary/aromatic N) is 1. The molecule has 2 N–H and O–H groups in total. The molecule has 1 aliphatic carbocycles. The number of ether oxygens (including phenoxy) is 3. The highest BCUT2D eigenvalue weighted by Gasteiger charge is 2.33. The molecule has 0 bridgehead atoms. The fourth-order valence-electron chi connectivity index (χ4n) is 2.42. The van der Waals surface area contributed by atoms with Gasteiger partial charge < -0.3 is 24.8 Å². The second-order valence-electron chi connectivity index (χ2n) is 5.69. The summed E-state index contributed by atoms with van der Waals surface area (Å²) in [5.41, 5.74) is 1.00. The molecule has 0 aliphatic heterocycles. The van der Waals surface area contributed by atoms with Gasteiger partial charge in [0.25, 0.3) is 0 Å². The van der Waals surface area contributed by atoms with E-state index in [9.17, 15) is 0 Å². The van der Waals surface area contributed by atoms with E-state index in [1.54, 1.807) is 21.3 Å². The molecular weight excluding hydrogens is 294 g/mol. The van der Waals surface area contributed by atoms with Crippen LogP contribution in [0, 0.1) is 5.92 Å². The Morgan fingerprint density at radius 3 is 2.22 bits per heavy atom. The lowest BCUT2D eigenvalue weighted by Crippen LogP contribution is -2.39. The first-order valence-electron chi connectivity index (χ1n) is 7.96. The van der Waals surface area contributed by atoms with Crippen molar-refractivity contribution in [2.75, 3.05) is 27.9 Å². The van der Waals surface area contributed by atoms with Crippen LogP contribution in [0.2, 0.25) is 0 Å². The van der Waals surface area contributed by atoms with Crippen LogP contribution < -0.4 is 24.8 Å². The second kappa shape index (κ2) is 7.94. The van der Waals surface area contributed by atoms with Crippen LogP contribution in [-0.2, 0) is 6.54 Å². The van der Waals surface area contributed by atoms with E-state index in [0.717, 1.165) is 24.0 Å². The van der Waals surface area contributed by atoms with Crippen LogP contribution in [0.5, 0.6) is 17.2 Å². The van der Waals surface area contributed by atoms with E-state index in [0.29, 0.717) is 29.8 Å². The maximum Gasteiger partial charge on any atom is 0.203 e. The molecule has 23 heavy (non-hydrogen) atoms. The van der Waals surface area contributed by atoms with Crippen LogP contribution in [0.25, 0.3) is 0 Å². The smallest absolute Gasteiger partial charge is 0.203 e. The van der Waals surface area contributed by atoms with Crippen LogP contribution in [0.4, 0.5) is 0 Å². The minimum Gasteiger partial charge on any atom is -0.493 e. The summed E-state index contributed by atoms with van der Waals surface area (Å²) in [5.74, 6) is 3.45. The zero-order valence-electron chi connectivity index (χ0n) is 14.6. The number of benzene rings is 1. The number of hydrogen-bond donors (Lipinski definition) is 2. The van der Waals surface area contributed by atoms with E-state index in [2.05, 4.69) is 29.5 Å². The van der Waals surface area contributed by atoms with Crippen molar-refractivity contribution in [3.63, 3.8) is 0 Å². The number of rotatable bonds is 7. The third-order valence-electron chi connectivity index (χ3n) is 3.92. The maximum atomic E-state index is 5.38. The first-order valence-corrected chi connectivity index (χ1v) is 7.96. The Morgan fingerprint density at radius 1 is 1.17 bits per heavy atom. The SMILES string of the molecule is CCNC(=NCc1cc(OC)c(OC)c(OC)c1)NC1CC1C. The van der Waals surface area contributed by atoms with Gasteiger partial charge in [-0.3, -0.25) is 0 Å². The molecule has 1 aliphatic rings. The van der Waals surface area contributed by atoms with Crippen LogP contribution in [0.15, 0.2) is 17.1 Å². The Labute approximate surface area is 138 Å². The third kappa shape index (κ3) is 4.43. The first-order chi connectivity index (χ1) is 11.1. The first kappa shape index (κ1) is 17.2. The summed E-state index contributed by atoms with van der Waals surface area (Å²) in [6.07, 6.45) is 1.20. The van der Waals surface area contributed by atoms with Crippen molar-refractivity contribution in [1.29, 1.82) is 0 Å². The molecule has 0 aromatic heterocycles. The molecule has 2 rings (SSSR count).